The molecule has 8 heteroatoms. The van der Waals surface area contributed by atoms with Crippen LogP contribution in [-0.4, -0.2) is 40.2 Å². The van der Waals surface area contributed by atoms with E-state index in [0.29, 0.717) is 29.0 Å². The van der Waals surface area contributed by atoms with Crippen LogP contribution < -0.4 is 10.1 Å². The number of esters is 1. The van der Waals surface area contributed by atoms with Gasteiger partial charge in [0.2, 0.25) is 11.1 Å². The molecule has 1 aromatic carbocycles. The summed E-state index contributed by atoms with van der Waals surface area (Å²) in [7, 11) is 1.38. The quantitative estimate of drug-likeness (QED) is 0.614. The van der Waals surface area contributed by atoms with Crippen molar-refractivity contribution in [2.45, 2.75) is 32.0 Å². The van der Waals surface area contributed by atoms with E-state index in [4.69, 9.17) is 9.47 Å². The third kappa shape index (κ3) is 3.41. The number of hydrogen-bond donors (Lipinski definition) is 1. The maximum Gasteiger partial charge on any atom is 0.338 e. The lowest BCUT2D eigenvalue weighted by Gasteiger charge is -2.28. The summed E-state index contributed by atoms with van der Waals surface area (Å²) in [6.07, 6.45) is 0. The van der Waals surface area contributed by atoms with Gasteiger partial charge in [0.15, 0.2) is 0 Å². The van der Waals surface area contributed by atoms with Gasteiger partial charge in [-0.1, -0.05) is 30.8 Å². The smallest absolute Gasteiger partial charge is 0.338 e. The van der Waals surface area contributed by atoms with Crippen LogP contribution in [0, 0.1) is 0 Å². The van der Waals surface area contributed by atoms with Gasteiger partial charge in [0.05, 0.1) is 19.3 Å². The molecule has 1 aromatic heterocycles. The third-order valence-electron chi connectivity index (χ3n) is 4.00. The number of aromatic nitrogens is 3. The van der Waals surface area contributed by atoms with E-state index >= 15 is 0 Å². The monoisotopic (exact) mass is 374 g/mol. The average molecular weight is 374 g/mol. The lowest BCUT2D eigenvalue weighted by Crippen LogP contribution is -2.29. The van der Waals surface area contributed by atoms with Crippen LogP contribution in [0.5, 0.6) is 5.75 Å². The van der Waals surface area contributed by atoms with Gasteiger partial charge < -0.3 is 14.8 Å². The number of thioether (sulfide) groups is 1. The SMILES string of the molecule is CCOc1cccc(C2C(C(=O)OC)=C(C)Nc3nc(SCC)nn32)c1. The Kier molecular flexibility index (Phi) is 5.51. The molecule has 138 valence electrons. The zero-order valence-electron chi connectivity index (χ0n) is 15.3. The maximum absolute atomic E-state index is 12.5. The summed E-state index contributed by atoms with van der Waals surface area (Å²) in [6.45, 7) is 6.40. The van der Waals surface area contributed by atoms with Gasteiger partial charge >= 0.3 is 5.97 Å². The van der Waals surface area contributed by atoms with Crippen molar-refractivity contribution in [1.82, 2.24) is 14.8 Å². The lowest BCUT2D eigenvalue weighted by molar-refractivity contribution is -0.136. The molecule has 0 aliphatic carbocycles. The van der Waals surface area contributed by atoms with Crippen molar-refractivity contribution in [3.8, 4) is 5.75 Å². The molecule has 7 nitrogen and oxygen atoms in total. The van der Waals surface area contributed by atoms with E-state index in [1.165, 1.54) is 7.11 Å². The number of carbonyl (C=O) groups is 1. The van der Waals surface area contributed by atoms with Gasteiger partial charge in [-0.3, -0.25) is 0 Å². The molecule has 1 atom stereocenters. The molecule has 26 heavy (non-hydrogen) atoms. The molecule has 2 aromatic rings. The summed E-state index contributed by atoms with van der Waals surface area (Å²) in [5.74, 6) is 1.82. The number of ether oxygens (including phenoxy) is 2. The summed E-state index contributed by atoms with van der Waals surface area (Å²) in [5.41, 5.74) is 2.10. The zero-order valence-corrected chi connectivity index (χ0v) is 16.1. The first-order valence-electron chi connectivity index (χ1n) is 8.47. The molecular weight excluding hydrogens is 352 g/mol. The van der Waals surface area contributed by atoms with E-state index in [1.807, 2.05) is 45.0 Å². The van der Waals surface area contributed by atoms with E-state index in [2.05, 4.69) is 15.4 Å². The average Bonchev–Trinajstić information content (AvgIpc) is 3.02. The molecule has 0 bridgehead atoms. The first-order valence-corrected chi connectivity index (χ1v) is 9.45. The fraction of sp³-hybridized carbons (Fsp3) is 0.389. The standard InChI is InChI=1S/C18H22N4O3S/c1-5-25-13-9-7-8-12(10-13)15-14(16(23)24-4)11(3)19-17-20-18(26-6-2)21-22(15)17/h7-10,15H,5-6H2,1-4H3,(H,19,20,21). The largest absolute Gasteiger partial charge is 0.494 e. The fourth-order valence-electron chi connectivity index (χ4n) is 2.95. The van der Waals surface area contributed by atoms with E-state index in [1.54, 1.807) is 16.4 Å². The molecule has 0 fully saturated rings. The topological polar surface area (TPSA) is 78.3 Å². The van der Waals surface area contributed by atoms with Crippen LogP contribution in [0.2, 0.25) is 0 Å². The summed E-state index contributed by atoms with van der Waals surface area (Å²) in [6, 6.07) is 7.24. The van der Waals surface area contributed by atoms with E-state index < -0.39 is 12.0 Å². The molecule has 0 radical (unpaired) electrons. The number of rotatable bonds is 6. The molecule has 1 unspecified atom stereocenters. The Balaban J connectivity index is 2.14. The van der Waals surface area contributed by atoms with Gasteiger partial charge in [0, 0.05) is 5.70 Å². The Morgan fingerprint density at radius 2 is 2.19 bits per heavy atom. The van der Waals surface area contributed by atoms with Crippen LogP contribution in [0.3, 0.4) is 0 Å². The number of methoxy groups -OCH3 is 1. The van der Waals surface area contributed by atoms with Gasteiger partial charge in [-0.05, 0) is 37.3 Å². The highest BCUT2D eigenvalue weighted by molar-refractivity contribution is 7.99. The number of anilines is 1. The highest BCUT2D eigenvalue weighted by atomic mass is 32.2. The highest BCUT2D eigenvalue weighted by Gasteiger charge is 2.35. The Hall–Kier alpha value is -2.48. The summed E-state index contributed by atoms with van der Waals surface area (Å²) in [4.78, 5) is 17.0. The minimum atomic E-state index is -0.433. The lowest BCUT2D eigenvalue weighted by atomic mass is 9.95. The third-order valence-corrected chi connectivity index (χ3v) is 4.72. The number of carbonyl (C=O) groups excluding carboxylic acids is 1. The Morgan fingerprint density at radius 3 is 2.88 bits per heavy atom. The van der Waals surface area contributed by atoms with Crippen molar-refractivity contribution in [1.29, 1.82) is 0 Å². The number of nitrogens with one attached hydrogen (secondary N) is 1. The van der Waals surface area contributed by atoms with Crippen LogP contribution in [0.4, 0.5) is 5.95 Å². The van der Waals surface area contributed by atoms with Crippen LogP contribution in [0.25, 0.3) is 0 Å². The Bertz CT molecular complexity index is 847. The van der Waals surface area contributed by atoms with Crippen LogP contribution in [0.1, 0.15) is 32.4 Å². The molecule has 0 spiro atoms. The van der Waals surface area contributed by atoms with Crippen molar-refractivity contribution in [3.63, 3.8) is 0 Å². The van der Waals surface area contributed by atoms with Gasteiger partial charge in [-0.25, -0.2) is 9.48 Å². The first kappa shape index (κ1) is 18.3. The van der Waals surface area contributed by atoms with Gasteiger partial charge in [-0.15, -0.1) is 5.10 Å². The Morgan fingerprint density at radius 1 is 1.38 bits per heavy atom. The maximum atomic E-state index is 12.5. The summed E-state index contributed by atoms with van der Waals surface area (Å²) >= 11 is 1.55. The Labute approximate surface area is 156 Å². The number of fused-ring (bicyclic) bond motifs is 1. The minimum Gasteiger partial charge on any atom is -0.494 e. The van der Waals surface area contributed by atoms with Crippen LogP contribution in [0.15, 0.2) is 40.7 Å². The minimum absolute atomic E-state index is 0.396. The number of hydrogen-bond acceptors (Lipinski definition) is 7. The van der Waals surface area contributed by atoms with E-state index in [0.717, 1.165) is 17.1 Å². The number of allylic oxidation sites excluding steroid dienone is 1. The highest BCUT2D eigenvalue weighted by Crippen LogP contribution is 2.37. The van der Waals surface area contributed by atoms with E-state index in [-0.39, 0.29) is 0 Å². The second kappa shape index (κ2) is 7.82. The van der Waals surface area contributed by atoms with Crippen molar-refractivity contribution < 1.29 is 14.3 Å². The van der Waals surface area contributed by atoms with Crippen molar-refractivity contribution in [2.75, 3.05) is 24.8 Å². The number of benzene rings is 1. The van der Waals surface area contributed by atoms with Crippen molar-refractivity contribution in [3.05, 3.63) is 41.1 Å². The summed E-state index contributed by atoms with van der Waals surface area (Å²) < 4.78 is 12.4. The van der Waals surface area contributed by atoms with E-state index in [9.17, 15) is 4.79 Å². The second-order valence-electron chi connectivity index (χ2n) is 5.66. The first-order chi connectivity index (χ1) is 12.6. The molecule has 0 amide bonds. The van der Waals surface area contributed by atoms with Gasteiger partial charge in [0.1, 0.15) is 11.8 Å². The van der Waals surface area contributed by atoms with Gasteiger partial charge in [-0.2, -0.15) is 4.98 Å². The normalized spacial score (nSPS) is 16.1. The molecule has 1 N–H and O–H groups in total. The predicted molar refractivity (Wildman–Crippen MR) is 101 cm³/mol. The molecule has 0 saturated carbocycles. The zero-order chi connectivity index (χ0) is 18.7. The molecule has 1 aliphatic heterocycles. The van der Waals surface area contributed by atoms with Crippen LogP contribution in [-0.2, 0) is 9.53 Å². The van der Waals surface area contributed by atoms with Crippen molar-refractivity contribution in [2.24, 2.45) is 0 Å². The second-order valence-corrected chi connectivity index (χ2v) is 6.89. The molecule has 2 heterocycles. The van der Waals surface area contributed by atoms with Crippen molar-refractivity contribution >= 4 is 23.7 Å². The fourth-order valence-corrected chi connectivity index (χ4v) is 3.50. The molecule has 1 aliphatic rings. The molecular formula is C18H22N4O3S. The molecule has 3 rings (SSSR count). The summed E-state index contributed by atoms with van der Waals surface area (Å²) in [5, 5.41) is 8.43. The van der Waals surface area contributed by atoms with Crippen LogP contribution >= 0.6 is 11.8 Å². The van der Waals surface area contributed by atoms with Gasteiger partial charge in [0.25, 0.3) is 0 Å². The molecule has 0 saturated heterocycles. The predicted octanol–water partition coefficient (Wildman–Crippen LogP) is 3.25. The number of nitrogens with zero attached hydrogens (tertiary/aromatic N) is 3.